The molecule has 0 bridgehead atoms. The third-order valence-electron chi connectivity index (χ3n) is 3.07. The lowest BCUT2D eigenvalue weighted by Crippen LogP contribution is -2.32. The van der Waals surface area contributed by atoms with Crippen LogP contribution in [-0.4, -0.2) is 53.3 Å². The van der Waals surface area contributed by atoms with Crippen LogP contribution in [0.3, 0.4) is 0 Å². The fourth-order valence-electron chi connectivity index (χ4n) is 2.06. The maximum absolute atomic E-state index is 12.0. The molecule has 1 heterocycles. The zero-order valence-electron chi connectivity index (χ0n) is 11.9. The van der Waals surface area contributed by atoms with Gasteiger partial charge in [-0.15, -0.1) is 11.8 Å². The summed E-state index contributed by atoms with van der Waals surface area (Å²) in [6, 6.07) is 0. The number of hydrogen-bond donors (Lipinski definition) is 2. The van der Waals surface area contributed by atoms with Crippen LogP contribution in [0.15, 0.2) is 0 Å². The van der Waals surface area contributed by atoms with Gasteiger partial charge < -0.3 is 11.1 Å². The highest BCUT2D eigenvalue weighted by Gasteiger charge is 2.37. The number of likely N-dealkylation sites (tertiary alicyclic amines) is 1. The zero-order chi connectivity index (χ0) is 15.0. The molecule has 1 unspecified atom stereocenters. The smallest absolute Gasteiger partial charge is 0.242 e. The summed E-state index contributed by atoms with van der Waals surface area (Å²) in [5.41, 5.74) is 5.41. The first-order chi connectivity index (χ1) is 9.56. The molecule has 20 heavy (non-hydrogen) atoms. The van der Waals surface area contributed by atoms with E-state index in [9.17, 15) is 14.4 Å². The van der Waals surface area contributed by atoms with Crippen molar-refractivity contribution in [1.82, 2.24) is 10.2 Å². The summed E-state index contributed by atoms with van der Waals surface area (Å²) in [6.07, 6.45) is 2.83. The SMILES string of the molecule is CC(=O)NCCCCCN1C(=O)CC(SCCN)C1=O. The Labute approximate surface area is 123 Å². The molecular formula is C13H23N3O3S. The first-order valence-corrected chi connectivity index (χ1v) is 8.01. The lowest BCUT2D eigenvalue weighted by molar-refractivity contribution is -0.138. The van der Waals surface area contributed by atoms with E-state index in [1.165, 1.54) is 23.6 Å². The van der Waals surface area contributed by atoms with Crippen molar-refractivity contribution in [1.29, 1.82) is 0 Å². The summed E-state index contributed by atoms with van der Waals surface area (Å²) in [4.78, 5) is 35.8. The molecule has 0 spiro atoms. The number of unbranched alkanes of at least 4 members (excludes halogenated alkanes) is 2. The van der Waals surface area contributed by atoms with Crippen LogP contribution in [0.2, 0.25) is 0 Å². The van der Waals surface area contributed by atoms with Gasteiger partial charge in [0.25, 0.3) is 0 Å². The number of rotatable bonds is 9. The van der Waals surface area contributed by atoms with E-state index < -0.39 is 0 Å². The van der Waals surface area contributed by atoms with Crippen LogP contribution in [0.25, 0.3) is 0 Å². The number of hydrogen-bond acceptors (Lipinski definition) is 5. The molecule has 0 aliphatic carbocycles. The minimum Gasteiger partial charge on any atom is -0.356 e. The number of nitrogens with zero attached hydrogens (tertiary/aromatic N) is 1. The van der Waals surface area contributed by atoms with Gasteiger partial charge >= 0.3 is 0 Å². The molecule has 0 aromatic carbocycles. The Morgan fingerprint density at radius 3 is 2.80 bits per heavy atom. The molecule has 6 nitrogen and oxygen atoms in total. The first kappa shape index (κ1) is 17.0. The van der Waals surface area contributed by atoms with E-state index in [1.54, 1.807) is 0 Å². The van der Waals surface area contributed by atoms with Gasteiger partial charge in [0.05, 0.1) is 5.25 Å². The number of thioether (sulfide) groups is 1. The summed E-state index contributed by atoms with van der Waals surface area (Å²) < 4.78 is 0. The van der Waals surface area contributed by atoms with Gasteiger partial charge in [-0.1, -0.05) is 0 Å². The molecule has 3 amide bonds. The number of carbonyl (C=O) groups is 3. The second kappa shape index (κ2) is 8.97. The van der Waals surface area contributed by atoms with Crippen LogP contribution < -0.4 is 11.1 Å². The topological polar surface area (TPSA) is 92.5 Å². The van der Waals surface area contributed by atoms with Gasteiger partial charge in [-0.25, -0.2) is 0 Å². The normalized spacial score (nSPS) is 18.7. The Hall–Kier alpha value is -1.08. The number of imide groups is 1. The number of nitrogens with one attached hydrogen (secondary N) is 1. The van der Waals surface area contributed by atoms with E-state index >= 15 is 0 Å². The van der Waals surface area contributed by atoms with E-state index in [1.807, 2.05) is 0 Å². The van der Waals surface area contributed by atoms with E-state index in [0.29, 0.717) is 31.8 Å². The Morgan fingerprint density at radius 2 is 2.15 bits per heavy atom. The average Bonchev–Trinajstić information content (AvgIpc) is 2.66. The highest BCUT2D eigenvalue weighted by molar-refractivity contribution is 8.00. The molecule has 1 rings (SSSR count). The third-order valence-corrected chi connectivity index (χ3v) is 4.31. The first-order valence-electron chi connectivity index (χ1n) is 6.96. The van der Waals surface area contributed by atoms with Crippen molar-refractivity contribution in [3.05, 3.63) is 0 Å². The Morgan fingerprint density at radius 1 is 1.40 bits per heavy atom. The molecule has 0 aromatic heterocycles. The van der Waals surface area contributed by atoms with Crippen molar-refractivity contribution in [3.8, 4) is 0 Å². The predicted molar refractivity (Wildman–Crippen MR) is 79.2 cm³/mol. The summed E-state index contributed by atoms with van der Waals surface area (Å²) in [5.74, 6) is 0.519. The second-order valence-corrected chi connectivity index (χ2v) is 6.09. The maximum atomic E-state index is 12.0. The molecule has 1 aliphatic heterocycles. The van der Waals surface area contributed by atoms with Gasteiger partial charge in [0.2, 0.25) is 17.7 Å². The lowest BCUT2D eigenvalue weighted by atomic mass is 10.2. The molecule has 0 aromatic rings. The van der Waals surface area contributed by atoms with Crippen LogP contribution in [0.4, 0.5) is 0 Å². The van der Waals surface area contributed by atoms with E-state index in [-0.39, 0.29) is 23.0 Å². The minimum absolute atomic E-state index is 0.0327. The minimum atomic E-state index is -0.245. The molecular weight excluding hydrogens is 278 g/mol. The molecule has 1 fully saturated rings. The van der Waals surface area contributed by atoms with Crippen LogP contribution in [-0.2, 0) is 14.4 Å². The average molecular weight is 301 g/mol. The van der Waals surface area contributed by atoms with Gasteiger partial charge in [0.1, 0.15) is 0 Å². The second-order valence-electron chi connectivity index (χ2n) is 4.78. The Bertz CT molecular complexity index is 363. The molecule has 0 radical (unpaired) electrons. The molecule has 1 aliphatic rings. The van der Waals surface area contributed by atoms with Crippen molar-refractivity contribution in [3.63, 3.8) is 0 Å². The van der Waals surface area contributed by atoms with Gasteiger partial charge in [-0.2, -0.15) is 0 Å². The number of nitrogens with two attached hydrogens (primary N) is 1. The fourth-order valence-corrected chi connectivity index (χ4v) is 3.02. The number of amides is 3. The van der Waals surface area contributed by atoms with E-state index in [2.05, 4.69) is 5.32 Å². The van der Waals surface area contributed by atoms with E-state index in [4.69, 9.17) is 5.73 Å². The van der Waals surface area contributed by atoms with Crippen LogP contribution in [0, 0.1) is 0 Å². The summed E-state index contributed by atoms with van der Waals surface area (Å²) in [6.45, 7) is 3.14. The Balaban J connectivity index is 2.21. The molecule has 114 valence electrons. The predicted octanol–water partition coefficient (Wildman–Crippen LogP) is 0.112. The molecule has 3 N–H and O–H groups in total. The van der Waals surface area contributed by atoms with Gasteiger partial charge in [-0.05, 0) is 19.3 Å². The summed E-state index contributed by atoms with van der Waals surface area (Å²) >= 11 is 1.47. The van der Waals surface area contributed by atoms with Gasteiger partial charge in [-0.3, -0.25) is 19.3 Å². The summed E-state index contributed by atoms with van der Waals surface area (Å²) in [5, 5.41) is 2.48. The standard InChI is InChI=1S/C13H23N3O3S/c1-10(17)15-6-3-2-4-7-16-12(18)9-11(13(16)19)20-8-5-14/h11H,2-9,14H2,1H3,(H,15,17). The number of carbonyl (C=O) groups excluding carboxylic acids is 3. The van der Waals surface area contributed by atoms with Crippen molar-refractivity contribution in [2.75, 3.05) is 25.4 Å². The molecule has 7 heteroatoms. The van der Waals surface area contributed by atoms with Crippen molar-refractivity contribution in [2.24, 2.45) is 5.73 Å². The lowest BCUT2D eigenvalue weighted by Gasteiger charge is -2.14. The van der Waals surface area contributed by atoms with Gasteiger partial charge in [0, 0.05) is 38.7 Å². The van der Waals surface area contributed by atoms with Crippen molar-refractivity contribution >= 4 is 29.5 Å². The molecule has 0 saturated carbocycles. The largest absolute Gasteiger partial charge is 0.356 e. The highest BCUT2D eigenvalue weighted by atomic mass is 32.2. The highest BCUT2D eigenvalue weighted by Crippen LogP contribution is 2.25. The fraction of sp³-hybridized carbons (Fsp3) is 0.769. The Kier molecular flexibility index (Phi) is 7.61. The zero-order valence-corrected chi connectivity index (χ0v) is 12.7. The van der Waals surface area contributed by atoms with E-state index in [0.717, 1.165) is 19.3 Å². The third kappa shape index (κ3) is 5.50. The van der Waals surface area contributed by atoms with Gasteiger partial charge in [0.15, 0.2) is 0 Å². The maximum Gasteiger partial charge on any atom is 0.242 e. The van der Waals surface area contributed by atoms with Crippen LogP contribution in [0.5, 0.6) is 0 Å². The molecule has 1 saturated heterocycles. The molecule has 1 atom stereocenters. The monoisotopic (exact) mass is 301 g/mol. The van der Waals surface area contributed by atoms with Crippen LogP contribution >= 0.6 is 11.8 Å². The van der Waals surface area contributed by atoms with Crippen molar-refractivity contribution < 1.29 is 14.4 Å². The van der Waals surface area contributed by atoms with Crippen LogP contribution in [0.1, 0.15) is 32.6 Å². The van der Waals surface area contributed by atoms with Crippen molar-refractivity contribution in [2.45, 2.75) is 37.9 Å². The summed E-state index contributed by atoms with van der Waals surface area (Å²) in [7, 11) is 0. The quantitative estimate of drug-likeness (QED) is 0.466.